The Kier molecular flexibility index (Phi) is 4.43. The Morgan fingerprint density at radius 1 is 1.29 bits per heavy atom. The van der Waals surface area contributed by atoms with Crippen molar-refractivity contribution in [1.29, 1.82) is 0 Å². The topological polar surface area (TPSA) is 119 Å². The average molecular weight is 326 g/mol. The number of hydrogen-bond donors (Lipinski definition) is 2. The summed E-state index contributed by atoms with van der Waals surface area (Å²) >= 11 is 0. The van der Waals surface area contributed by atoms with Gasteiger partial charge in [0.05, 0.1) is 23.4 Å². The van der Waals surface area contributed by atoms with E-state index < -0.39 is 11.0 Å². The summed E-state index contributed by atoms with van der Waals surface area (Å²) in [7, 11) is 0. The van der Waals surface area contributed by atoms with E-state index in [1.165, 1.54) is 30.5 Å². The molecule has 0 bridgehead atoms. The second kappa shape index (κ2) is 6.84. The van der Waals surface area contributed by atoms with E-state index in [-0.39, 0.29) is 12.2 Å². The van der Waals surface area contributed by atoms with Gasteiger partial charge in [-0.05, 0) is 23.8 Å². The van der Waals surface area contributed by atoms with Gasteiger partial charge in [0, 0.05) is 31.1 Å². The summed E-state index contributed by atoms with van der Waals surface area (Å²) in [4.78, 5) is 18.6. The molecule has 1 aromatic carbocycles. The molecule has 9 nitrogen and oxygen atoms in total. The van der Waals surface area contributed by atoms with Gasteiger partial charge >= 0.3 is 0 Å². The third-order valence-corrected chi connectivity index (χ3v) is 3.33. The summed E-state index contributed by atoms with van der Waals surface area (Å²) in [6.45, 7) is 0.190. The molecule has 0 amide bonds. The SMILES string of the molecule is O=[N+]([O-])c1ccc(C(O)CNc2cncc(-n3cccn3)n2)cc1. The Morgan fingerprint density at radius 2 is 2.08 bits per heavy atom. The fourth-order valence-corrected chi connectivity index (χ4v) is 2.09. The van der Waals surface area contributed by atoms with Crippen LogP contribution in [-0.2, 0) is 0 Å². The van der Waals surface area contributed by atoms with Crippen LogP contribution in [0.2, 0.25) is 0 Å². The summed E-state index contributed by atoms with van der Waals surface area (Å²) in [5.74, 6) is 1.04. The maximum Gasteiger partial charge on any atom is 0.269 e. The number of nitro groups is 1. The Bertz CT molecular complexity index is 819. The first kappa shape index (κ1) is 15.6. The molecule has 2 N–H and O–H groups in total. The van der Waals surface area contributed by atoms with E-state index in [1.54, 1.807) is 29.3 Å². The second-order valence-corrected chi connectivity index (χ2v) is 4.96. The lowest BCUT2D eigenvalue weighted by atomic mass is 10.1. The number of anilines is 1. The van der Waals surface area contributed by atoms with Crippen molar-refractivity contribution in [2.45, 2.75) is 6.10 Å². The molecular formula is C15H14N6O3. The van der Waals surface area contributed by atoms with Crippen molar-refractivity contribution in [2.75, 3.05) is 11.9 Å². The fraction of sp³-hybridized carbons (Fsp3) is 0.133. The monoisotopic (exact) mass is 326 g/mol. The predicted molar refractivity (Wildman–Crippen MR) is 85.7 cm³/mol. The van der Waals surface area contributed by atoms with Gasteiger partial charge in [-0.15, -0.1) is 0 Å². The van der Waals surface area contributed by atoms with Crippen LogP contribution in [0.1, 0.15) is 11.7 Å². The van der Waals surface area contributed by atoms with Gasteiger partial charge < -0.3 is 10.4 Å². The molecule has 2 heterocycles. The van der Waals surface area contributed by atoms with Crippen LogP contribution in [0.5, 0.6) is 0 Å². The molecule has 0 spiro atoms. The summed E-state index contributed by atoms with van der Waals surface area (Å²) in [5.41, 5.74) is 0.556. The molecule has 0 aliphatic rings. The van der Waals surface area contributed by atoms with Crippen LogP contribution in [0.25, 0.3) is 5.82 Å². The standard InChI is InChI=1S/C15H14N6O3/c22-13(11-2-4-12(5-3-11)21(23)24)8-17-14-9-16-10-15(19-14)20-7-1-6-18-20/h1-7,9-10,13,22H,8H2,(H,17,19). The van der Waals surface area contributed by atoms with Gasteiger partial charge in [-0.2, -0.15) is 5.10 Å². The smallest absolute Gasteiger partial charge is 0.269 e. The number of aliphatic hydroxyl groups is 1. The third-order valence-electron chi connectivity index (χ3n) is 3.33. The number of nitro benzene ring substituents is 1. The summed E-state index contributed by atoms with van der Waals surface area (Å²) < 4.78 is 1.57. The number of hydrogen-bond acceptors (Lipinski definition) is 7. The number of nitrogens with one attached hydrogen (secondary N) is 1. The third kappa shape index (κ3) is 3.52. The molecule has 0 aliphatic carbocycles. The molecule has 3 rings (SSSR count). The zero-order chi connectivity index (χ0) is 16.9. The van der Waals surface area contributed by atoms with Gasteiger partial charge in [0.15, 0.2) is 5.82 Å². The maximum absolute atomic E-state index is 10.6. The van der Waals surface area contributed by atoms with Crippen LogP contribution >= 0.6 is 0 Å². The number of non-ortho nitro benzene ring substituents is 1. The van der Waals surface area contributed by atoms with Gasteiger partial charge in [0.1, 0.15) is 5.82 Å². The van der Waals surface area contributed by atoms with Crippen molar-refractivity contribution in [3.63, 3.8) is 0 Å². The lowest BCUT2D eigenvalue weighted by molar-refractivity contribution is -0.384. The van der Waals surface area contributed by atoms with Crippen molar-refractivity contribution in [1.82, 2.24) is 19.7 Å². The van der Waals surface area contributed by atoms with Crippen molar-refractivity contribution < 1.29 is 10.0 Å². The fourth-order valence-electron chi connectivity index (χ4n) is 2.09. The molecule has 24 heavy (non-hydrogen) atoms. The summed E-state index contributed by atoms with van der Waals surface area (Å²) in [6.07, 6.45) is 5.67. The zero-order valence-electron chi connectivity index (χ0n) is 12.5. The highest BCUT2D eigenvalue weighted by Gasteiger charge is 2.11. The molecule has 0 fully saturated rings. The van der Waals surface area contributed by atoms with Gasteiger partial charge in [0.2, 0.25) is 0 Å². The molecule has 1 unspecified atom stereocenters. The largest absolute Gasteiger partial charge is 0.387 e. The normalized spacial score (nSPS) is 11.9. The number of nitrogens with zero attached hydrogens (tertiary/aromatic N) is 5. The highest BCUT2D eigenvalue weighted by atomic mass is 16.6. The zero-order valence-corrected chi connectivity index (χ0v) is 12.5. The second-order valence-electron chi connectivity index (χ2n) is 4.96. The van der Waals surface area contributed by atoms with Crippen LogP contribution < -0.4 is 5.32 Å². The molecule has 0 saturated heterocycles. The van der Waals surface area contributed by atoms with E-state index in [1.807, 2.05) is 0 Å². The van der Waals surface area contributed by atoms with Crippen LogP contribution in [-0.4, -0.2) is 36.3 Å². The van der Waals surface area contributed by atoms with Gasteiger partial charge in [-0.25, -0.2) is 9.67 Å². The number of rotatable bonds is 6. The average Bonchev–Trinajstić information content (AvgIpc) is 3.15. The highest BCUT2D eigenvalue weighted by molar-refractivity contribution is 5.37. The van der Waals surface area contributed by atoms with E-state index in [4.69, 9.17) is 0 Å². The highest BCUT2D eigenvalue weighted by Crippen LogP contribution is 2.18. The Labute approximate surface area is 136 Å². The Hall–Kier alpha value is -3.33. The minimum atomic E-state index is -0.832. The van der Waals surface area contributed by atoms with Crippen molar-refractivity contribution >= 4 is 11.5 Å². The van der Waals surface area contributed by atoms with E-state index in [0.29, 0.717) is 17.2 Å². The molecule has 0 radical (unpaired) electrons. The minimum Gasteiger partial charge on any atom is -0.387 e. The van der Waals surface area contributed by atoms with Gasteiger partial charge in [-0.3, -0.25) is 15.1 Å². The first-order chi connectivity index (χ1) is 11.6. The van der Waals surface area contributed by atoms with Crippen LogP contribution in [0.15, 0.2) is 55.1 Å². The molecule has 3 aromatic rings. The van der Waals surface area contributed by atoms with E-state index >= 15 is 0 Å². The molecule has 0 saturated carbocycles. The molecular weight excluding hydrogens is 312 g/mol. The molecule has 122 valence electrons. The van der Waals surface area contributed by atoms with Crippen LogP contribution in [0.3, 0.4) is 0 Å². The first-order valence-electron chi connectivity index (χ1n) is 7.12. The van der Waals surface area contributed by atoms with E-state index in [9.17, 15) is 15.2 Å². The molecule has 0 aliphatic heterocycles. The number of aromatic nitrogens is 4. The van der Waals surface area contributed by atoms with Crippen LogP contribution in [0.4, 0.5) is 11.5 Å². The van der Waals surface area contributed by atoms with Crippen molar-refractivity contribution in [3.8, 4) is 5.82 Å². The Morgan fingerprint density at radius 3 is 2.75 bits per heavy atom. The number of benzene rings is 1. The van der Waals surface area contributed by atoms with Crippen molar-refractivity contribution in [2.24, 2.45) is 0 Å². The van der Waals surface area contributed by atoms with Gasteiger partial charge in [-0.1, -0.05) is 0 Å². The Balaban J connectivity index is 1.65. The molecule has 1 atom stereocenters. The minimum absolute atomic E-state index is 0.0169. The maximum atomic E-state index is 10.6. The molecule has 2 aromatic heterocycles. The number of aliphatic hydroxyl groups excluding tert-OH is 1. The lowest BCUT2D eigenvalue weighted by Gasteiger charge is -2.12. The van der Waals surface area contributed by atoms with Crippen LogP contribution in [0, 0.1) is 10.1 Å². The summed E-state index contributed by atoms with van der Waals surface area (Å²) in [6, 6.07) is 7.54. The van der Waals surface area contributed by atoms with E-state index in [0.717, 1.165) is 0 Å². The predicted octanol–water partition coefficient (Wildman–Crippen LogP) is 1.72. The van der Waals surface area contributed by atoms with E-state index in [2.05, 4.69) is 20.4 Å². The summed E-state index contributed by atoms with van der Waals surface area (Å²) in [5, 5.41) is 27.9. The lowest BCUT2D eigenvalue weighted by Crippen LogP contribution is -2.14. The van der Waals surface area contributed by atoms with Crippen molar-refractivity contribution in [3.05, 3.63) is 70.8 Å². The quantitative estimate of drug-likeness (QED) is 0.523. The van der Waals surface area contributed by atoms with Gasteiger partial charge in [0.25, 0.3) is 5.69 Å². The first-order valence-corrected chi connectivity index (χ1v) is 7.12. The molecule has 9 heteroatoms.